The van der Waals surface area contributed by atoms with Crippen molar-refractivity contribution in [1.82, 2.24) is 10.3 Å². The van der Waals surface area contributed by atoms with Gasteiger partial charge in [0, 0.05) is 17.0 Å². The van der Waals surface area contributed by atoms with Crippen molar-refractivity contribution in [3.8, 4) is 0 Å². The molecule has 140 valence electrons. The van der Waals surface area contributed by atoms with E-state index in [4.69, 9.17) is 9.15 Å². The van der Waals surface area contributed by atoms with Crippen molar-refractivity contribution < 1.29 is 18.7 Å². The number of furan rings is 1. The number of carbonyl (C=O) groups excluding carboxylic acids is 2. The number of ether oxygens (including phenoxy) is 1. The molecule has 28 heavy (non-hydrogen) atoms. The summed E-state index contributed by atoms with van der Waals surface area (Å²) in [4.78, 5) is 28.8. The van der Waals surface area contributed by atoms with Gasteiger partial charge < -0.3 is 14.5 Å². The third-order valence-corrected chi connectivity index (χ3v) is 4.44. The van der Waals surface area contributed by atoms with Crippen LogP contribution in [0.25, 0.3) is 21.9 Å². The van der Waals surface area contributed by atoms with Gasteiger partial charge in [0.2, 0.25) is 0 Å². The van der Waals surface area contributed by atoms with Gasteiger partial charge in [-0.3, -0.25) is 9.78 Å². The second kappa shape index (κ2) is 7.52. The van der Waals surface area contributed by atoms with Crippen LogP contribution in [-0.4, -0.2) is 23.5 Å². The van der Waals surface area contributed by atoms with E-state index >= 15 is 0 Å². The zero-order valence-corrected chi connectivity index (χ0v) is 15.2. The molecule has 2 heterocycles. The Morgan fingerprint density at radius 3 is 2.71 bits per heavy atom. The van der Waals surface area contributed by atoms with Crippen LogP contribution >= 0.6 is 0 Å². The van der Waals surface area contributed by atoms with E-state index in [1.807, 2.05) is 49.4 Å². The second-order valence-electron chi connectivity index (χ2n) is 6.43. The Morgan fingerprint density at radius 2 is 1.86 bits per heavy atom. The van der Waals surface area contributed by atoms with E-state index in [0.29, 0.717) is 16.8 Å². The lowest BCUT2D eigenvalue weighted by molar-refractivity contribution is -0.125. The van der Waals surface area contributed by atoms with E-state index in [1.54, 1.807) is 24.4 Å². The number of nitrogens with one attached hydrogen (secondary N) is 1. The number of para-hydroxylation sites is 2. The molecule has 1 N–H and O–H groups in total. The highest BCUT2D eigenvalue weighted by Gasteiger charge is 2.17. The molecule has 0 spiro atoms. The van der Waals surface area contributed by atoms with Crippen LogP contribution in [0.2, 0.25) is 0 Å². The molecule has 6 heteroatoms. The van der Waals surface area contributed by atoms with Gasteiger partial charge in [-0.1, -0.05) is 36.4 Å². The highest BCUT2D eigenvalue weighted by Crippen LogP contribution is 2.23. The molecule has 0 unspecified atom stereocenters. The fourth-order valence-corrected chi connectivity index (χ4v) is 3.05. The molecule has 1 amide bonds. The largest absolute Gasteiger partial charge is 0.459 e. The summed E-state index contributed by atoms with van der Waals surface area (Å²) in [5.74, 6) is -0.357. The fourth-order valence-electron chi connectivity index (χ4n) is 3.05. The van der Waals surface area contributed by atoms with Crippen molar-refractivity contribution in [1.29, 1.82) is 0 Å². The summed E-state index contributed by atoms with van der Waals surface area (Å²) in [6.07, 6.45) is 1.61. The van der Waals surface area contributed by atoms with Crippen molar-refractivity contribution in [2.45, 2.75) is 13.0 Å². The molecule has 2 aromatic heterocycles. The molecule has 0 saturated carbocycles. The summed E-state index contributed by atoms with van der Waals surface area (Å²) in [6.45, 7) is 1.43. The molecule has 1 atom stereocenters. The lowest BCUT2D eigenvalue weighted by Crippen LogP contribution is -2.31. The van der Waals surface area contributed by atoms with E-state index < -0.39 is 11.9 Å². The zero-order valence-electron chi connectivity index (χ0n) is 15.2. The highest BCUT2D eigenvalue weighted by atomic mass is 16.5. The first-order valence-corrected chi connectivity index (χ1v) is 8.90. The molecular formula is C22H18N2O4. The summed E-state index contributed by atoms with van der Waals surface area (Å²) < 4.78 is 10.9. The van der Waals surface area contributed by atoms with Crippen LogP contribution in [0.15, 0.2) is 71.3 Å². The maximum Gasteiger partial charge on any atom is 0.340 e. The number of nitrogens with zero attached hydrogens (tertiary/aromatic N) is 1. The minimum atomic E-state index is -0.587. The number of pyridine rings is 1. The van der Waals surface area contributed by atoms with Crippen molar-refractivity contribution in [3.63, 3.8) is 0 Å². The third-order valence-electron chi connectivity index (χ3n) is 4.44. The van der Waals surface area contributed by atoms with Gasteiger partial charge in [0.15, 0.2) is 6.61 Å². The van der Waals surface area contributed by atoms with Crippen LogP contribution in [0.1, 0.15) is 29.1 Å². The molecule has 0 radical (unpaired) electrons. The Balaban J connectivity index is 1.39. The van der Waals surface area contributed by atoms with Gasteiger partial charge in [0.05, 0.1) is 17.1 Å². The summed E-state index contributed by atoms with van der Waals surface area (Å²) in [6, 6.07) is 18.1. The summed E-state index contributed by atoms with van der Waals surface area (Å²) in [7, 11) is 0. The van der Waals surface area contributed by atoms with E-state index in [9.17, 15) is 9.59 Å². The molecule has 2 aromatic carbocycles. The number of amides is 1. The Labute approximate surface area is 161 Å². The van der Waals surface area contributed by atoms with Gasteiger partial charge in [-0.15, -0.1) is 0 Å². The van der Waals surface area contributed by atoms with Gasteiger partial charge in [-0.05, 0) is 31.2 Å². The minimum absolute atomic E-state index is 0.330. The third kappa shape index (κ3) is 3.57. The molecule has 0 aliphatic heterocycles. The average Bonchev–Trinajstić information content (AvgIpc) is 3.16. The SMILES string of the molecule is C[C@H](NC(=O)COC(=O)c1cccc2cccnc12)c1cc2ccccc2o1. The highest BCUT2D eigenvalue weighted by molar-refractivity contribution is 6.03. The molecule has 0 saturated heterocycles. The van der Waals surface area contributed by atoms with Crippen LogP contribution in [0.3, 0.4) is 0 Å². The topological polar surface area (TPSA) is 81.4 Å². The maximum absolute atomic E-state index is 12.4. The number of carbonyl (C=O) groups is 2. The first-order chi connectivity index (χ1) is 13.6. The van der Waals surface area contributed by atoms with Crippen molar-refractivity contribution in [3.05, 3.63) is 78.2 Å². The number of fused-ring (bicyclic) bond motifs is 2. The van der Waals surface area contributed by atoms with Crippen LogP contribution in [0.4, 0.5) is 0 Å². The van der Waals surface area contributed by atoms with Crippen LogP contribution in [-0.2, 0) is 9.53 Å². The lowest BCUT2D eigenvalue weighted by Gasteiger charge is -2.12. The van der Waals surface area contributed by atoms with Crippen LogP contribution in [0.5, 0.6) is 0 Å². The molecule has 4 rings (SSSR count). The van der Waals surface area contributed by atoms with Crippen LogP contribution in [0, 0.1) is 0 Å². The van der Waals surface area contributed by atoms with E-state index in [2.05, 4.69) is 10.3 Å². The number of benzene rings is 2. The monoisotopic (exact) mass is 374 g/mol. The molecule has 4 aromatic rings. The van der Waals surface area contributed by atoms with Gasteiger partial charge in [-0.2, -0.15) is 0 Å². The molecule has 6 nitrogen and oxygen atoms in total. The van der Waals surface area contributed by atoms with E-state index in [0.717, 1.165) is 16.4 Å². The fraction of sp³-hybridized carbons (Fsp3) is 0.136. The number of hydrogen-bond donors (Lipinski definition) is 1. The van der Waals surface area contributed by atoms with Gasteiger partial charge in [0.1, 0.15) is 11.3 Å². The standard InChI is InChI=1S/C22H18N2O4/c1-14(19-12-16-6-2-3-10-18(16)28-19)24-20(25)13-27-22(26)17-9-4-7-15-8-5-11-23-21(15)17/h2-12,14H,13H2,1H3,(H,24,25)/t14-/m0/s1. The van der Waals surface area contributed by atoms with Crippen molar-refractivity contribution in [2.24, 2.45) is 0 Å². The average molecular weight is 374 g/mol. The predicted octanol–water partition coefficient (Wildman–Crippen LogP) is 4.02. The maximum atomic E-state index is 12.4. The molecular weight excluding hydrogens is 356 g/mol. The molecule has 0 aliphatic rings. The van der Waals surface area contributed by atoms with Gasteiger partial charge in [0.25, 0.3) is 5.91 Å². The normalized spacial score (nSPS) is 12.0. The summed E-state index contributed by atoms with van der Waals surface area (Å²) in [5.41, 5.74) is 1.63. The smallest absolute Gasteiger partial charge is 0.340 e. The predicted molar refractivity (Wildman–Crippen MR) is 105 cm³/mol. The second-order valence-corrected chi connectivity index (χ2v) is 6.43. The van der Waals surface area contributed by atoms with Gasteiger partial charge in [-0.25, -0.2) is 4.79 Å². The number of aromatic nitrogens is 1. The molecule has 0 bridgehead atoms. The van der Waals surface area contributed by atoms with Crippen molar-refractivity contribution >= 4 is 33.7 Å². The zero-order chi connectivity index (χ0) is 19.5. The Hall–Kier alpha value is -3.67. The number of hydrogen-bond acceptors (Lipinski definition) is 5. The van der Waals surface area contributed by atoms with Crippen molar-refractivity contribution in [2.75, 3.05) is 6.61 Å². The van der Waals surface area contributed by atoms with E-state index in [1.165, 1.54) is 0 Å². The minimum Gasteiger partial charge on any atom is -0.459 e. The lowest BCUT2D eigenvalue weighted by atomic mass is 10.1. The number of rotatable bonds is 5. The Kier molecular flexibility index (Phi) is 4.76. The Bertz CT molecular complexity index is 1130. The Morgan fingerprint density at radius 1 is 1.07 bits per heavy atom. The summed E-state index contributed by atoms with van der Waals surface area (Å²) >= 11 is 0. The quantitative estimate of drug-likeness (QED) is 0.534. The molecule has 0 aliphatic carbocycles. The van der Waals surface area contributed by atoms with E-state index in [-0.39, 0.29) is 12.6 Å². The molecule has 0 fully saturated rings. The van der Waals surface area contributed by atoms with Gasteiger partial charge >= 0.3 is 5.97 Å². The summed E-state index contributed by atoms with van der Waals surface area (Å²) in [5, 5.41) is 4.58. The van der Waals surface area contributed by atoms with Crippen LogP contribution < -0.4 is 5.32 Å². The number of esters is 1. The first kappa shape index (κ1) is 17.7. The first-order valence-electron chi connectivity index (χ1n) is 8.90.